The molecule has 2 aliphatic heterocycles. The molecule has 0 aromatic heterocycles. The number of halogens is 1. The van der Waals surface area contributed by atoms with Crippen molar-refractivity contribution in [2.24, 2.45) is 0 Å². The molecule has 0 bridgehead atoms. The molecule has 2 rings (SSSR count). The standard InChI is InChI=1S/C7H10ClNO5S2/c8-16(13,14)9-6(10)4-7(9)2-1-3-15(11,12)5-7/h1-5H2. The third-order valence-electron chi connectivity index (χ3n) is 2.94. The molecule has 2 saturated heterocycles. The minimum absolute atomic E-state index is 0.0408. The molecular formula is C7H10ClNO5S2. The monoisotopic (exact) mass is 287 g/mol. The van der Waals surface area contributed by atoms with Crippen molar-refractivity contribution in [2.75, 3.05) is 11.5 Å². The van der Waals surface area contributed by atoms with Crippen LogP contribution in [0.2, 0.25) is 0 Å². The first-order valence-electron chi connectivity index (χ1n) is 4.65. The lowest BCUT2D eigenvalue weighted by Gasteiger charge is -2.50. The van der Waals surface area contributed by atoms with Gasteiger partial charge in [0.15, 0.2) is 9.84 Å². The van der Waals surface area contributed by atoms with Crippen molar-refractivity contribution in [3.63, 3.8) is 0 Å². The molecule has 2 heterocycles. The quantitative estimate of drug-likeness (QED) is 0.486. The molecule has 1 spiro atoms. The lowest BCUT2D eigenvalue weighted by Crippen LogP contribution is -2.68. The third-order valence-corrected chi connectivity index (χ3v) is 6.27. The van der Waals surface area contributed by atoms with E-state index in [9.17, 15) is 21.6 Å². The molecule has 0 aromatic carbocycles. The predicted molar refractivity (Wildman–Crippen MR) is 56.9 cm³/mol. The van der Waals surface area contributed by atoms with Gasteiger partial charge in [0.25, 0.3) is 0 Å². The van der Waals surface area contributed by atoms with E-state index < -0.39 is 30.5 Å². The van der Waals surface area contributed by atoms with Crippen LogP contribution in [0, 0.1) is 0 Å². The van der Waals surface area contributed by atoms with Crippen LogP contribution in [0.4, 0.5) is 0 Å². The first kappa shape index (κ1) is 12.1. The van der Waals surface area contributed by atoms with E-state index in [0.717, 1.165) is 0 Å². The Bertz CT molecular complexity index is 539. The van der Waals surface area contributed by atoms with Crippen molar-refractivity contribution >= 4 is 35.7 Å². The summed E-state index contributed by atoms with van der Waals surface area (Å²) >= 11 is 0. The zero-order valence-corrected chi connectivity index (χ0v) is 10.6. The van der Waals surface area contributed by atoms with E-state index in [1.165, 1.54) is 0 Å². The largest absolute Gasteiger partial charge is 0.324 e. The SMILES string of the molecule is O=C1CC2(CCCS(=O)(=O)C2)N1S(=O)(=O)Cl. The van der Waals surface area contributed by atoms with Gasteiger partial charge in [0.05, 0.1) is 23.5 Å². The number of rotatable bonds is 1. The normalized spacial score (nSPS) is 33.8. The van der Waals surface area contributed by atoms with Gasteiger partial charge in [-0.25, -0.2) is 12.7 Å². The van der Waals surface area contributed by atoms with Gasteiger partial charge in [-0.3, -0.25) is 4.79 Å². The summed E-state index contributed by atoms with van der Waals surface area (Å²) < 4.78 is 45.8. The highest BCUT2D eigenvalue weighted by Gasteiger charge is 2.59. The molecule has 9 heteroatoms. The van der Waals surface area contributed by atoms with Crippen molar-refractivity contribution in [2.45, 2.75) is 24.8 Å². The Balaban J connectivity index is 2.38. The van der Waals surface area contributed by atoms with E-state index in [4.69, 9.17) is 10.7 Å². The van der Waals surface area contributed by atoms with Gasteiger partial charge in [0.1, 0.15) is 0 Å². The van der Waals surface area contributed by atoms with E-state index >= 15 is 0 Å². The molecule has 16 heavy (non-hydrogen) atoms. The fourth-order valence-corrected chi connectivity index (χ4v) is 6.09. The number of β-lactam (4-membered cyclic amide) rings is 1. The van der Waals surface area contributed by atoms with Crippen LogP contribution in [0.1, 0.15) is 19.3 Å². The molecule has 0 aromatic rings. The maximum absolute atomic E-state index is 11.5. The molecule has 2 fully saturated rings. The van der Waals surface area contributed by atoms with Gasteiger partial charge in [-0.05, 0) is 12.8 Å². The number of sulfone groups is 1. The van der Waals surface area contributed by atoms with Crippen molar-refractivity contribution < 1.29 is 21.6 Å². The topological polar surface area (TPSA) is 88.6 Å². The molecule has 1 amide bonds. The predicted octanol–water partition coefficient (Wildman–Crippen LogP) is -0.350. The smallest absolute Gasteiger partial charge is 0.274 e. The molecule has 1 unspecified atom stereocenters. The summed E-state index contributed by atoms with van der Waals surface area (Å²) in [6, 6.07) is 0. The summed E-state index contributed by atoms with van der Waals surface area (Å²) in [5, 5.41) is 0. The first-order valence-corrected chi connectivity index (χ1v) is 8.73. The summed E-state index contributed by atoms with van der Waals surface area (Å²) in [7, 11) is -2.34. The highest BCUT2D eigenvalue weighted by molar-refractivity contribution is 8.12. The maximum atomic E-state index is 11.5. The highest BCUT2D eigenvalue weighted by Crippen LogP contribution is 2.43. The van der Waals surface area contributed by atoms with E-state index in [1.807, 2.05) is 0 Å². The van der Waals surface area contributed by atoms with E-state index in [1.54, 1.807) is 0 Å². The number of nitrogens with zero attached hydrogens (tertiary/aromatic N) is 1. The second kappa shape index (κ2) is 3.33. The van der Waals surface area contributed by atoms with Gasteiger partial charge >= 0.3 is 9.24 Å². The Morgan fingerprint density at radius 3 is 2.44 bits per heavy atom. The van der Waals surface area contributed by atoms with Gasteiger partial charge < -0.3 is 0 Å². The summed E-state index contributed by atoms with van der Waals surface area (Å²) in [4.78, 5) is 11.2. The van der Waals surface area contributed by atoms with Crippen LogP contribution >= 0.6 is 10.7 Å². The summed E-state index contributed by atoms with van der Waals surface area (Å²) in [5.74, 6) is -0.899. The van der Waals surface area contributed by atoms with Gasteiger partial charge in [-0.2, -0.15) is 8.42 Å². The van der Waals surface area contributed by atoms with Crippen molar-refractivity contribution in [1.29, 1.82) is 0 Å². The summed E-state index contributed by atoms with van der Waals surface area (Å²) in [5.41, 5.74) is -1.12. The molecule has 92 valence electrons. The Morgan fingerprint density at radius 1 is 1.38 bits per heavy atom. The Kier molecular flexibility index (Phi) is 2.52. The van der Waals surface area contributed by atoms with Gasteiger partial charge in [-0.1, -0.05) is 0 Å². The summed E-state index contributed by atoms with van der Waals surface area (Å²) in [6.07, 6.45) is 0.667. The first-order chi connectivity index (χ1) is 7.16. The Labute approximate surface area is 98.0 Å². The van der Waals surface area contributed by atoms with Crippen LogP contribution in [-0.4, -0.2) is 44.1 Å². The lowest BCUT2D eigenvalue weighted by atomic mass is 9.84. The second-order valence-corrected chi connectivity index (χ2v) is 8.74. The van der Waals surface area contributed by atoms with Crippen LogP contribution in [0.25, 0.3) is 0 Å². The number of hydrogen-bond acceptors (Lipinski definition) is 5. The fraction of sp³-hybridized carbons (Fsp3) is 0.857. The van der Waals surface area contributed by atoms with E-state index in [0.29, 0.717) is 17.1 Å². The van der Waals surface area contributed by atoms with E-state index in [2.05, 4.69) is 0 Å². The van der Waals surface area contributed by atoms with Crippen molar-refractivity contribution in [3.05, 3.63) is 0 Å². The van der Waals surface area contributed by atoms with E-state index in [-0.39, 0.29) is 17.9 Å². The molecule has 6 nitrogen and oxygen atoms in total. The lowest BCUT2D eigenvalue weighted by molar-refractivity contribution is -0.144. The van der Waals surface area contributed by atoms with Crippen LogP contribution < -0.4 is 0 Å². The minimum Gasteiger partial charge on any atom is -0.274 e. The maximum Gasteiger partial charge on any atom is 0.324 e. The van der Waals surface area contributed by atoms with Crippen molar-refractivity contribution in [1.82, 2.24) is 4.31 Å². The molecule has 1 atom stereocenters. The van der Waals surface area contributed by atoms with Crippen LogP contribution in [-0.2, 0) is 23.9 Å². The second-order valence-electron chi connectivity index (χ2n) is 4.20. The molecular weight excluding hydrogens is 278 g/mol. The number of hydrogen-bond donors (Lipinski definition) is 0. The molecule has 2 aliphatic rings. The number of amides is 1. The zero-order valence-electron chi connectivity index (χ0n) is 8.22. The molecule has 0 N–H and O–H groups in total. The average Bonchev–Trinajstić information content (AvgIpc) is 1.96. The van der Waals surface area contributed by atoms with Gasteiger partial charge in [0.2, 0.25) is 5.91 Å². The number of carbonyl (C=O) groups excluding carboxylic acids is 1. The van der Waals surface area contributed by atoms with Crippen LogP contribution in [0.15, 0.2) is 0 Å². The zero-order chi connectivity index (χ0) is 12.2. The Morgan fingerprint density at radius 2 is 2.00 bits per heavy atom. The van der Waals surface area contributed by atoms with Crippen molar-refractivity contribution in [3.8, 4) is 0 Å². The molecule has 0 aliphatic carbocycles. The fourth-order valence-electron chi connectivity index (χ4n) is 2.43. The highest BCUT2D eigenvalue weighted by atomic mass is 35.7. The molecule has 0 saturated carbocycles. The number of carbonyl (C=O) groups is 1. The molecule has 0 radical (unpaired) electrons. The summed E-state index contributed by atoms with van der Waals surface area (Å²) in [6.45, 7) is 0. The third kappa shape index (κ3) is 1.82. The minimum atomic E-state index is -4.18. The van der Waals surface area contributed by atoms with Crippen LogP contribution in [0.5, 0.6) is 0 Å². The van der Waals surface area contributed by atoms with Crippen LogP contribution in [0.3, 0.4) is 0 Å². The Hall–Kier alpha value is -0.340. The average molecular weight is 288 g/mol. The van der Waals surface area contributed by atoms with Gasteiger partial charge in [0, 0.05) is 10.7 Å². The van der Waals surface area contributed by atoms with Gasteiger partial charge in [-0.15, -0.1) is 0 Å².